The van der Waals surface area contributed by atoms with Crippen molar-refractivity contribution in [1.82, 2.24) is 9.80 Å². The maximum Gasteiger partial charge on any atom is 0.227 e. The van der Waals surface area contributed by atoms with Gasteiger partial charge in [-0.3, -0.25) is 14.5 Å². The first kappa shape index (κ1) is 22.8. The molecule has 172 valence electrons. The van der Waals surface area contributed by atoms with Crippen LogP contribution in [0.2, 0.25) is 0 Å². The van der Waals surface area contributed by atoms with E-state index in [4.69, 9.17) is 10.00 Å². The van der Waals surface area contributed by atoms with Crippen LogP contribution in [0.25, 0.3) is 0 Å². The predicted molar refractivity (Wildman–Crippen MR) is 126 cm³/mol. The molecule has 1 fully saturated rings. The maximum absolute atomic E-state index is 12.8. The molecular formula is C26H30N4O3. The fourth-order valence-electron chi connectivity index (χ4n) is 4.43. The van der Waals surface area contributed by atoms with Crippen molar-refractivity contribution >= 4 is 17.5 Å². The summed E-state index contributed by atoms with van der Waals surface area (Å²) in [6.45, 7) is 4.98. The Morgan fingerprint density at radius 1 is 1.03 bits per heavy atom. The highest BCUT2D eigenvalue weighted by molar-refractivity contribution is 5.95. The number of fused-ring (bicyclic) bond motifs is 1. The lowest BCUT2D eigenvalue weighted by Gasteiger charge is -2.35. The van der Waals surface area contributed by atoms with Gasteiger partial charge >= 0.3 is 0 Å². The summed E-state index contributed by atoms with van der Waals surface area (Å²) in [5, 5.41) is 8.93. The third-order valence-electron chi connectivity index (χ3n) is 6.25. The van der Waals surface area contributed by atoms with Gasteiger partial charge in [0.25, 0.3) is 0 Å². The van der Waals surface area contributed by atoms with E-state index in [1.807, 2.05) is 35.2 Å². The number of benzene rings is 2. The molecule has 0 aromatic heterocycles. The molecule has 0 saturated carbocycles. The topological polar surface area (TPSA) is 76.9 Å². The molecule has 2 aliphatic heterocycles. The van der Waals surface area contributed by atoms with Crippen molar-refractivity contribution in [3.63, 3.8) is 0 Å². The Kier molecular flexibility index (Phi) is 7.59. The third kappa shape index (κ3) is 5.91. The minimum Gasteiger partial charge on any atom is -0.493 e. The van der Waals surface area contributed by atoms with Gasteiger partial charge in [-0.2, -0.15) is 5.26 Å². The van der Waals surface area contributed by atoms with E-state index in [-0.39, 0.29) is 31.1 Å². The number of carbonyl (C=O) groups is 2. The normalized spacial score (nSPS) is 15.4. The number of hydrogen-bond acceptors (Lipinski definition) is 5. The van der Waals surface area contributed by atoms with Crippen LogP contribution in [0.15, 0.2) is 48.5 Å². The molecule has 2 aromatic carbocycles. The molecule has 2 amide bonds. The van der Waals surface area contributed by atoms with Gasteiger partial charge in [-0.15, -0.1) is 0 Å². The van der Waals surface area contributed by atoms with Crippen LogP contribution in [-0.4, -0.2) is 60.9 Å². The van der Waals surface area contributed by atoms with Crippen molar-refractivity contribution in [2.75, 3.05) is 44.2 Å². The summed E-state index contributed by atoms with van der Waals surface area (Å²) >= 11 is 0. The molecule has 2 heterocycles. The SMILES string of the molecule is N#CCCN(C(=O)CCC(=O)N1CCN(Cc2ccc3c(c2)CCO3)CC1)c1ccccc1. The largest absolute Gasteiger partial charge is 0.493 e. The molecule has 0 unspecified atom stereocenters. The van der Waals surface area contributed by atoms with Crippen molar-refractivity contribution in [2.24, 2.45) is 0 Å². The van der Waals surface area contributed by atoms with Crippen LogP contribution >= 0.6 is 0 Å². The summed E-state index contributed by atoms with van der Waals surface area (Å²) in [6.07, 6.45) is 1.58. The Labute approximate surface area is 195 Å². The quantitative estimate of drug-likeness (QED) is 0.623. The van der Waals surface area contributed by atoms with Gasteiger partial charge in [-0.1, -0.05) is 30.3 Å². The van der Waals surface area contributed by atoms with Crippen LogP contribution in [0.5, 0.6) is 5.75 Å². The molecule has 2 aromatic rings. The summed E-state index contributed by atoms with van der Waals surface area (Å²) in [6, 6.07) is 17.8. The van der Waals surface area contributed by atoms with E-state index in [2.05, 4.69) is 29.2 Å². The van der Waals surface area contributed by atoms with Crippen molar-refractivity contribution < 1.29 is 14.3 Å². The second-order valence-corrected chi connectivity index (χ2v) is 8.49. The minimum atomic E-state index is -0.121. The number of nitrogens with zero attached hydrogens (tertiary/aromatic N) is 4. The lowest BCUT2D eigenvalue weighted by atomic mass is 10.1. The van der Waals surface area contributed by atoms with Crippen LogP contribution in [0.4, 0.5) is 5.69 Å². The van der Waals surface area contributed by atoms with Crippen molar-refractivity contribution in [3.8, 4) is 11.8 Å². The van der Waals surface area contributed by atoms with E-state index in [0.717, 1.165) is 44.1 Å². The van der Waals surface area contributed by atoms with E-state index in [0.29, 0.717) is 19.6 Å². The van der Waals surface area contributed by atoms with E-state index in [1.54, 1.807) is 4.90 Å². The van der Waals surface area contributed by atoms with Crippen LogP contribution in [0.3, 0.4) is 0 Å². The second kappa shape index (κ2) is 11.0. The molecule has 0 N–H and O–H groups in total. The molecule has 0 spiro atoms. The molecule has 7 nitrogen and oxygen atoms in total. The fourth-order valence-corrected chi connectivity index (χ4v) is 4.43. The zero-order valence-corrected chi connectivity index (χ0v) is 18.9. The Bertz CT molecular complexity index is 1010. The predicted octanol–water partition coefficient (Wildman–Crippen LogP) is 2.99. The summed E-state index contributed by atoms with van der Waals surface area (Å²) < 4.78 is 5.58. The highest BCUT2D eigenvalue weighted by Gasteiger charge is 2.23. The molecule has 0 radical (unpaired) electrons. The minimum absolute atomic E-state index is 0.0194. The van der Waals surface area contributed by atoms with Crippen LogP contribution in [-0.2, 0) is 22.6 Å². The number of piperazine rings is 1. The standard InChI is InChI=1S/C26H30N4O3/c27-12-4-13-30(23-5-2-1-3-6-23)26(32)10-9-25(31)29-16-14-28(15-17-29)20-21-7-8-24-22(19-21)11-18-33-24/h1-3,5-8,19H,4,9-11,13-18,20H2. The number of amides is 2. The van der Waals surface area contributed by atoms with Crippen LogP contribution < -0.4 is 9.64 Å². The van der Waals surface area contributed by atoms with Gasteiger partial charge in [0.1, 0.15) is 5.75 Å². The number of ether oxygens (including phenoxy) is 1. The van der Waals surface area contributed by atoms with Gasteiger partial charge in [0.05, 0.1) is 19.1 Å². The zero-order valence-electron chi connectivity index (χ0n) is 18.9. The first-order chi connectivity index (χ1) is 16.1. The second-order valence-electron chi connectivity index (χ2n) is 8.49. The average molecular weight is 447 g/mol. The number of anilines is 1. The number of carbonyl (C=O) groups excluding carboxylic acids is 2. The van der Waals surface area contributed by atoms with E-state index in [1.165, 1.54) is 11.1 Å². The van der Waals surface area contributed by atoms with Gasteiger partial charge in [0, 0.05) is 64.2 Å². The lowest BCUT2D eigenvalue weighted by molar-refractivity contribution is -0.134. The monoisotopic (exact) mass is 446 g/mol. The Morgan fingerprint density at radius 3 is 2.58 bits per heavy atom. The third-order valence-corrected chi connectivity index (χ3v) is 6.25. The van der Waals surface area contributed by atoms with Gasteiger partial charge in [0.15, 0.2) is 0 Å². The summed E-state index contributed by atoms with van der Waals surface area (Å²) in [5.41, 5.74) is 3.32. The molecule has 2 aliphatic rings. The molecule has 33 heavy (non-hydrogen) atoms. The zero-order chi connectivity index (χ0) is 23.0. The van der Waals surface area contributed by atoms with Gasteiger partial charge in [0.2, 0.25) is 11.8 Å². The molecule has 0 aliphatic carbocycles. The number of hydrogen-bond donors (Lipinski definition) is 0. The smallest absolute Gasteiger partial charge is 0.227 e. The molecule has 0 atom stereocenters. The lowest BCUT2D eigenvalue weighted by Crippen LogP contribution is -2.48. The number of nitriles is 1. The van der Waals surface area contributed by atoms with Crippen LogP contribution in [0, 0.1) is 11.3 Å². The molecule has 0 bridgehead atoms. The van der Waals surface area contributed by atoms with Gasteiger partial charge < -0.3 is 14.5 Å². The Morgan fingerprint density at radius 2 is 1.82 bits per heavy atom. The average Bonchev–Trinajstić information content (AvgIpc) is 3.32. The van der Waals surface area contributed by atoms with Crippen LogP contribution in [0.1, 0.15) is 30.4 Å². The summed E-state index contributed by atoms with van der Waals surface area (Å²) in [7, 11) is 0. The Balaban J connectivity index is 1.24. The number of para-hydroxylation sites is 1. The molecule has 1 saturated heterocycles. The maximum atomic E-state index is 12.8. The Hall–Kier alpha value is -3.37. The number of rotatable bonds is 8. The molecule has 7 heteroatoms. The fraction of sp³-hybridized carbons (Fsp3) is 0.423. The molecule has 4 rings (SSSR count). The van der Waals surface area contributed by atoms with Crippen molar-refractivity contribution in [3.05, 3.63) is 59.7 Å². The summed E-state index contributed by atoms with van der Waals surface area (Å²) in [4.78, 5) is 31.4. The molecular weight excluding hydrogens is 416 g/mol. The van der Waals surface area contributed by atoms with Crippen molar-refractivity contribution in [1.29, 1.82) is 5.26 Å². The van der Waals surface area contributed by atoms with E-state index >= 15 is 0 Å². The van der Waals surface area contributed by atoms with E-state index < -0.39 is 0 Å². The van der Waals surface area contributed by atoms with Crippen molar-refractivity contribution in [2.45, 2.75) is 32.2 Å². The first-order valence-corrected chi connectivity index (χ1v) is 11.6. The highest BCUT2D eigenvalue weighted by atomic mass is 16.5. The first-order valence-electron chi connectivity index (χ1n) is 11.6. The van der Waals surface area contributed by atoms with Gasteiger partial charge in [-0.25, -0.2) is 0 Å². The van der Waals surface area contributed by atoms with Gasteiger partial charge in [-0.05, 0) is 29.3 Å². The highest BCUT2D eigenvalue weighted by Crippen LogP contribution is 2.26. The van der Waals surface area contributed by atoms with E-state index in [9.17, 15) is 9.59 Å². The summed E-state index contributed by atoms with van der Waals surface area (Å²) in [5.74, 6) is 0.900.